The monoisotopic (exact) mass is 239 g/mol. The Morgan fingerprint density at radius 2 is 2.31 bits per heavy atom. The third-order valence-electron chi connectivity index (χ3n) is 1.95. The van der Waals surface area contributed by atoms with Crippen LogP contribution in [-0.4, -0.2) is 26.2 Å². The molecular weight excluding hydrogens is 232 g/mol. The summed E-state index contributed by atoms with van der Waals surface area (Å²) in [5, 5.41) is 17.1. The molecule has 0 saturated heterocycles. The summed E-state index contributed by atoms with van der Waals surface area (Å²) >= 11 is 5.81. The topological polar surface area (TPSA) is 71.9 Å². The summed E-state index contributed by atoms with van der Waals surface area (Å²) in [6.45, 7) is 0. The maximum absolute atomic E-state index is 10.8. The van der Waals surface area contributed by atoms with Gasteiger partial charge in [-0.05, 0) is 12.1 Å². The highest BCUT2D eigenvalue weighted by molar-refractivity contribution is 6.30. The standard InChI is InChI=1S/C9H7ClN4O2/c1-13-8(9(15)16)11-14(12-13)7-4-2-3-6(10)5-7/h2-5H,1H3/p+1. The van der Waals surface area contributed by atoms with Crippen LogP contribution in [0, 0.1) is 0 Å². The lowest BCUT2D eigenvalue weighted by molar-refractivity contribution is -0.734. The zero-order valence-electron chi connectivity index (χ0n) is 8.33. The summed E-state index contributed by atoms with van der Waals surface area (Å²) in [5.74, 6) is -1.27. The number of hydrogen-bond acceptors (Lipinski definition) is 3. The molecular formula is C9H8ClN4O2+. The zero-order valence-corrected chi connectivity index (χ0v) is 9.09. The Kier molecular flexibility index (Phi) is 2.57. The van der Waals surface area contributed by atoms with E-state index in [0.29, 0.717) is 10.7 Å². The van der Waals surface area contributed by atoms with Crippen LogP contribution in [0.5, 0.6) is 0 Å². The lowest BCUT2D eigenvalue weighted by Crippen LogP contribution is -2.37. The number of aryl methyl sites for hydroxylation is 1. The third kappa shape index (κ3) is 1.87. The number of carboxylic acids is 1. The van der Waals surface area contributed by atoms with Crippen LogP contribution in [0.25, 0.3) is 5.69 Å². The van der Waals surface area contributed by atoms with Gasteiger partial charge in [0.25, 0.3) is 0 Å². The second-order valence-corrected chi connectivity index (χ2v) is 3.55. The Labute approximate surface area is 95.7 Å². The molecule has 0 aliphatic carbocycles. The molecule has 0 saturated carbocycles. The van der Waals surface area contributed by atoms with Crippen LogP contribution in [0.1, 0.15) is 10.6 Å². The van der Waals surface area contributed by atoms with Gasteiger partial charge in [-0.1, -0.05) is 17.7 Å². The van der Waals surface area contributed by atoms with Gasteiger partial charge in [0.15, 0.2) is 5.69 Å². The molecule has 0 radical (unpaired) electrons. The van der Waals surface area contributed by atoms with Crippen molar-refractivity contribution in [3.05, 3.63) is 35.1 Å². The molecule has 16 heavy (non-hydrogen) atoms. The van der Waals surface area contributed by atoms with Crippen molar-refractivity contribution >= 4 is 17.6 Å². The number of carboxylic acid groups (broad SMARTS) is 1. The molecule has 82 valence electrons. The Hall–Kier alpha value is -1.95. The Balaban J connectivity index is 2.49. The summed E-state index contributed by atoms with van der Waals surface area (Å²) in [7, 11) is 1.51. The number of aromatic carboxylic acids is 1. The van der Waals surface area contributed by atoms with Gasteiger partial charge < -0.3 is 5.11 Å². The summed E-state index contributed by atoms with van der Waals surface area (Å²) in [4.78, 5) is 12.0. The smallest absolute Gasteiger partial charge is 0.411 e. The molecule has 0 amide bonds. The van der Waals surface area contributed by atoms with E-state index in [-0.39, 0.29) is 5.82 Å². The summed E-state index contributed by atoms with van der Waals surface area (Å²) in [5.41, 5.74) is 0.607. The Morgan fingerprint density at radius 1 is 1.56 bits per heavy atom. The van der Waals surface area contributed by atoms with Gasteiger partial charge >= 0.3 is 11.8 Å². The minimum absolute atomic E-state index is 0.139. The first-order valence-corrected chi connectivity index (χ1v) is 4.78. The average Bonchev–Trinajstić information content (AvgIpc) is 2.60. The fraction of sp³-hybridized carbons (Fsp3) is 0.111. The van der Waals surface area contributed by atoms with Crippen molar-refractivity contribution < 1.29 is 14.6 Å². The lowest BCUT2D eigenvalue weighted by Gasteiger charge is -1.90. The van der Waals surface area contributed by atoms with Gasteiger partial charge in [-0.2, -0.15) is 0 Å². The molecule has 1 aromatic carbocycles. The van der Waals surface area contributed by atoms with Crippen molar-refractivity contribution in [2.45, 2.75) is 0 Å². The van der Waals surface area contributed by atoms with Gasteiger partial charge in [0.2, 0.25) is 0 Å². The van der Waals surface area contributed by atoms with E-state index in [9.17, 15) is 4.79 Å². The van der Waals surface area contributed by atoms with E-state index < -0.39 is 5.97 Å². The summed E-state index contributed by atoms with van der Waals surface area (Å²) in [6.07, 6.45) is 0. The van der Waals surface area contributed by atoms with Crippen LogP contribution < -0.4 is 4.68 Å². The zero-order chi connectivity index (χ0) is 11.7. The van der Waals surface area contributed by atoms with E-state index in [1.807, 2.05) is 0 Å². The fourth-order valence-electron chi connectivity index (χ4n) is 1.23. The molecule has 0 atom stereocenters. The van der Waals surface area contributed by atoms with Gasteiger partial charge in [0, 0.05) is 15.9 Å². The number of carbonyl (C=O) groups is 1. The molecule has 0 aliphatic heterocycles. The van der Waals surface area contributed by atoms with Crippen LogP contribution in [0.4, 0.5) is 0 Å². The van der Waals surface area contributed by atoms with E-state index in [2.05, 4.69) is 10.3 Å². The van der Waals surface area contributed by atoms with Crippen molar-refractivity contribution in [2.75, 3.05) is 0 Å². The first kappa shape index (κ1) is 10.6. The van der Waals surface area contributed by atoms with E-state index in [1.165, 1.54) is 16.5 Å². The summed E-state index contributed by atoms with van der Waals surface area (Å²) < 4.78 is 1.18. The fourth-order valence-corrected chi connectivity index (χ4v) is 1.42. The molecule has 6 nitrogen and oxygen atoms in total. The Morgan fingerprint density at radius 3 is 2.88 bits per heavy atom. The third-order valence-corrected chi connectivity index (χ3v) is 2.18. The number of tetrazole rings is 1. The number of rotatable bonds is 2. The van der Waals surface area contributed by atoms with Crippen LogP contribution in [0.15, 0.2) is 24.3 Å². The molecule has 0 bridgehead atoms. The van der Waals surface area contributed by atoms with Gasteiger partial charge in [-0.25, -0.2) is 4.79 Å². The number of hydrogen-bond donors (Lipinski definition) is 1. The van der Waals surface area contributed by atoms with E-state index in [4.69, 9.17) is 16.7 Å². The highest BCUT2D eigenvalue weighted by Crippen LogP contribution is 2.12. The number of nitrogens with zero attached hydrogens (tertiary/aromatic N) is 4. The molecule has 7 heteroatoms. The number of aromatic nitrogens is 4. The maximum Gasteiger partial charge on any atom is 0.411 e. The van der Waals surface area contributed by atoms with E-state index >= 15 is 0 Å². The van der Waals surface area contributed by atoms with E-state index in [0.717, 1.165) is 0 Å². The molecule has 0 unspecified atom stereocenters. The predicted molar refractivity (Wildman–Crippen MR) is 54.5 cm³/mol. The maximum atomic E-state index is 10.8. The first-order chi connectivity index (χ1) is 7.58. The average molecular weight is 240 g/mol. The minimum atomic E-state index is -1.13. The Bertz CT molecular complexity index is 552. The van der Waals surface area contributed by atoms with Crippen LogP contribution in [-0.2, 0) is 7.05 Å². The second kappa shape index (κ2) is 3.90. The van der Waals surface area contributed by atoms with Crippen molar-refractivity contribution in [1.82, 2.24) is 15.1 Å². The van der Waals surface area contributed by atoms with Gasteiger partial charge in [-0.3, -0.25) is 0 Å². The van der Waals surface area contributed by atoms with Crippen molar-refractivity contribution in [1.29, 1.82) is 0 Å². The predicted octanol–water partition coefficient (Wildman–Crippen LogP) is 0.443. The van der Waals surface area contributed by atoms with Gasteiger partial charge in [0.05, 0.1) is 17.4 Å². The van der Waals surface area contributed by atoms with E-state index in [1.54, 1.807) is 24.3 Å². The van der Waals surface area contributed by atoms with Crippen LogP contribution >= 0.6 is 11.6 Å². The SMILES string of the molecule is C[n+]1nn(-c2cccc(Cl)c2)nc1C(=O)O. The highest BCUT2D eigenvalue weighted by atomic mass is 35.5. The van der Waals surface area contributed by atoms with Crippen molar-refractivity contribution in [2.24, 2.45) is 7.05 Å². The van der Waals surface area contributed by atoms with Crippen LogP contribution in [0.3, 0.4) is 0 Å². The van der Waals surface area contributed by atoms with Gasteiger partial charge in [0.1, 0.15) is 0 Å². The molecule has 0 aliphatic rings. The quantitative estimate of drug-likeness (QED) is 0.772. The molecule has 1 N–H and O–H groups in total. The van der Waals surface area contributed by atoms with Gasteiger partial charge in [-0.15, -0.1) is 4.68 Å². The molecule has 2 aromatic rings. The number of benzene rings is 1. The van der Waals surface area contributed by atoms with Crippen LogP contribution in [0.2, 0.25) is 5.02 Å². The summed E-state index contributed by atoms with van der Waals surface area (Å²) in [6, 6.07) is 6.83. The lowest BCUT2D eigenvalue weighted by atomic mass is 10.3. The largest absolute Gasteiger partial charge is 0.473 e. The highest BCUT2D eigenvalue weighted by Gasteiger charge is 2.24. The molecule has 0 fully saturated rings. The second-order valence-electron chi connectivity index (χ2n) is 3.11. The molecule has 1 heterocycles. The van der Waals surface area contributed by atoms with Crippen molar-refractivity contribution in [3.63, 3.8) is 0 Å². The van der Waals surface area contributed by atoms with Crippen molar-refractivity contribution in [3.8, 4) is 5.69 Å². The molecule has 1 aromatic heterocycles. The number of halogens is 1. The normalized spacial score (nSPS) is 10.4. The first-order valence-electron chi connectivity index (χ1n) is 4.41. The molecule has 2 rings (SSSR count). The minimum Gasteiger partial charge on any atom is -0.473 e. The molecule has 0 spiro atoms.